The van der Waals surface area contributed by atoms with Crippen LogP contribution in [0.4, 0.5) is 0 Å². The summed E-state index contributed by atoms with van der Waals surface area (Å²) in [6.45, 7) is 0. The molecular weight excluding hydrogens is 302 g/mol. The third-order valence-corrected chi connectivity index (χ3v) is 4.60. The quantitative estimate of drug-likeness (QED) is 0.446. The van der Waals surface area contributed by atoms with E-state index in [9.17, 15) is 0 Å². The van der Waals surface area contributed by atoms with E-state index in [0.717, 1.165) is 22.1 Å². The van der Waals surface area contributed by atoms with E-state index in [4.69, 9.17) is 4.42 Å². The molecule has 1 aromatic heterocycles. The molecule has 0 spiro atoms. The molecule has 4 rings (SSSR count). The van der Waals surface area contributed by atoms with Gasteiger partial charge in [-0.05, 0) is 28.8 Å². The fourth-order valence-corrected chi connectivity index (χ4v) is 3.28. The van der Waals surface area contributed by atoms with Crippen LogP contribution in [0.1, 0.15) is 5.56 Å². The van der Waals surface area contributed by atoms with E-state index in [1.54, 1.807) is 11.8 Å². The lowest BCUT2D eigenvalue weighted by molar-refractivity contribution is 0.489. The summed E-state index contributed by atoms with van der Waals surface area (Å²) < 4.78 is 5.73. The van der Waals surface area contributed by atoms with Gasteiger partial charge in [-0.3, -0.25) is 0 Å². The molecule has 2 nitrogen and oxygen atoms in total. The Morgan fingerprint density at radius 3 is 2.22 bits per heavy atom. The van der Waals surface area contributed by atoms with Gasteiger partial charge in [0.2, 0.25) is 0 Å². The average Bonchev–Trinajstić information content (AvgIpc) is 3.04. The van der Waals surface area contributed by atoms with Crippen LogP contribution in [0, 0.1) is 0 Å². The van der Waals surface area contributed by atoms with Crippen molar-refractivity contribution in [3.05, 3.63) is 84.4 Å². The molecule has 0 fully saturated rings. The molecule has 0 aliphatic carbocycles. The molecular formula is C20H15NOS. The molecule has 0 atom stereocenters. The summed E-state index contributed by atoms with van der Waals surface area (Å²) in [6, 6.07) is 26.9. The van der Waals surface area contributed by atoms with E-state index >= 15 is 0 Å². The summed E-state index contributed by atoms with van der Waals surface area (Å²) in [6.07, 6.45) is 0. The first kappa shape index (κ1) is 14.1. The number of nitrogens with zero attached hydrogens (tertiary/aromatic N) is 1. The number of hydrogen-bond donors (Lipinski definition) is 0. The minimum Gasteiger partial charge on any atom is -0.431 e. The van der Waals surface area contributed by atoms with Crippen LogP contribution >= 0.6 is 11.8 Å². The Bertz CT molecular complexity index is 880. The van der Waals surface area contributed by atoms with E-state index in [1.807, 2.05) is 30.3 Å². The van der Waals surface area contributed by atoms with Gasteiger partial charge in [0.1, 0.15) is 5.52 Å². The topological polar surface area (TPSA) is 26.0 Å². The molecule has 0 bridgehead atoms. The minimum atomic E-state index is 0.721. The van der Waals surface area contributed by atoms with Gasteiger partial charge in [0.15, 0.2) is 5.58 Å². The second-order valence-electron chi connectivity index (χ2n) is 5.30. The molecule has 4 aromatic rings. The van der Waals surface area contributed by atoms with E-state index in [1.165, 1.54) is 16.7 Å². The fraction of sp³-hybridized carbons (Fsp3) is 0.0500. The van der Waals surface area contributed by atoms with Crippen LogP contribution in [0.25, 0.3) is 22.2 Å². The SMILES string of the molecule is c1ccc(-c2ccc(CSc3nc4ccccc4o3)cc2)cc1. The van der Waals surface area contributed by atoms with Crippen molar-refractivity contribution >= 4 is 22.9 Å². The van der Waals surface area contributed by atoms with Crippen LogP contribution < -0.4 is 0 Å². The molecule has 0 aliphatic heterocycles. The van der Waals surface area contributed by atoms with Crippen molar-refractivity contribution in [2.75, 3.05) is 0 Å². The molecule has 3 aromatic carbocycles. The summed E-state index contributed by atoms with van der Waals surface area (Å²) in [5.41, 5.74) is 5.49. The molecule has 0 saturated carbocycles. The van der Waals surface area contributed by atoms with Gasteiger partial charge in [0.25, 0.3) is 5.22 Å². The zero-order valence-electron chi connectivity index (χ0n) is 12.5. The molecule has 0 N–H and O–H groups in total. The highest BCUT2D eigenvalue weighted by molar-refractivity contribution is 7.98. The second-order valence-corrected chi connectivity index (χ2v) is 6.23. The summed E-state index contributed by atoms with van der Waals surface area (Å²) in [5, 5.41) is 0.721. The number of aromatic nitrogens is 1. The maximum atomic E-state index is 5.73. The summed E-state index contributed by atoms with van der Waals surface area (Å²) >= 11 is 1.62. The van der Waals surface area contributed by atoms with Crippen LogP contribution in [-0.2, 0) is 5.75 Å². The van der Waals surface area contributed by atoms with Gasteiger partial charge in [-0.25, -0.2) is 4.98 Å². The number of rotatable bonds is 4. The molecule has 3 heteroatoms. The number of hydrogen-bond acceptors (Lipinski definition) is 3. The highest BCUT2D eigenvalue weighted by Gasteiger charge is 2.06. The predicted molar refractivity (Wildman–Crippen MR) is 95.4 cm³/mol. The number of para-hydroxylation sites is 2. The first-order valence-electron chi connectivity index (χ1n) is 7.51. The zero-order valence-corrected chi connectivity index (χ0v) is 13.3. The van der Waals surface area contributed by atoms with Crippen molar-refractivity contribution < 1.29 is 4.42 Å². The molecule has 23 heavy (non-hydrogen) atoms. The highest BCUT2D eigenvalue weighted by Crippen LogP contribution is 2.27. The largest absolute Gasteiger partial charge is 0.431 e. The Morgan fingerprint density at radius 2 is 1.43 bits per heavy atom. The van der Waals surface area contributed by atoms with Gasteiger partial charge in [-0.1, -0.05) is 78.5 Å². The lowest BCUT2D eigenvalue weighted by atomic mass is 10.0. The third-order valence-electron chi connectivity index (χ3n) is 3.70. The molecule has 1 heterocycles. The molecule has 0 saturated heterocycles. The number of oxazole rings is 1. The normalized spacial score (nSPS) is 11.0. The molecule has 0 aliphatic rings. The standard InChI is InChI=1S/C20H15NOS/c1-2-6-16(7-3-1)17-12-10-15(11-13-17)14-23-20-21-18-8-4-5-9-19(18)22-20/h1-13H,14H2. The average molecular weight is 317 g/mol. The molecule has 0 amide bonds. The Kier molecular flexibility index (Phi) is 3.86. The second kappa shape index (κ2) is 6.31. The van der Waals surface area contributed by atoms with Gasteiger partial charge in [0.05, 0.1) is 0 Å². The van der Waals surface area contributed by atoms with Gasteiger partial charge < -0.3 is 4.42 Å². The van der Waals surface area contributed by atoms with E-state index in [0.29, 0.717) is 0 Å². The third kappa shape index (κ3) is 3.15. The van der Waals surface area contributed by atoms with E-state index < -0.39 is 0 Å². The monoisotopic (exact) mass is 317 g/mol. The zero-order chi connectivity index (χ0) is 15.5. The van der Waals surface area contributed by atoms with Crippen LogP contribution in [-0.4, -0.2) is 4.98 Å². The van der Waals surface area contributed by atoms with Crippen LogP contribution in [0.5, 0.6) is 0 Å². The van der Waals surface area contributed by atoms with Crippen LogP contribution in [0.2, 0.25) is 0 Å². The Hall–Kier alpha value is -2.52. The molecule has 0 radical (unpaired) electrons. The van der Waals surface area contributed by atoms with Crippen molar-refractivity contribution in [1.29, 1.82) is 0 Å². The Morgan fingerprint density at radius 1 is 0.739 bits per heavy atom. The van der Waals surface area contributed by atoms with E-state index in [-0.39, 0.29) is 0 Å². The number of thioether (sulfide) groups is 1. The summed E-state index contributed by atoms with van der Waals surface area (Å²) in [7, 11) is 0. The molecule has 0 unspecified atom stereocenters. The number of benzene rings is 3. The first-order valence-corrected chi connectivity index (χ1v) is 8.50. The predicted octanol–water partition coefficient (Wildman–Crippen LogP) is 5.79. The van der Waals surface area contributed by atoms with Crippen molar-refractivity contribution in [2.24, 2.45) is 0 Å². The first-order chi connectivity index (χ1) is 11.4. The lowest BCUT2D eigenvalue weighted by Crippen LogP contribution is -1.82. The van der Waals surface area contributed by atoms with Gasteiger partial charge in [0, 0.05) is 5.75 Å². The maximum absolute atomic E-state index is 5.73. The van der Waals surface area contributed by atoms with Crippen molar-refractivity contribution in [3.8, 4) is 11.1 Å². The van der Waals surface area contributed by atoms with Gasteiger partial charge >= 0.3 is 0 Å². The van der Waals surface area contributed by atoms with Crippen molar-refractivity contribution in [2.45, 2.75) is 11.0 Å². The number of fused-ring (bicyclic) bond motifs is 1. The van der Waals surface area contributed by atoms with Crippen molar-refractivity contribution in [1.82, 2.24) is 4.98 Å². The summed E-state index contributed by atoms with van der Waals surface area (Å²) in [5.74, 6) is 0.849. The van der Waals surface area contributed by atoms with Crippen LogP contribution in [0.15, 0.2) is 88.5 Å². The maximum Gasteiger partial charge on any atom is 0.257 e. The Balaban J connectivity index is 1.47. The van der Waals surface area contributed by atoms with Gasteiger partial charge in [-0.2, -0.15) is 0 Å². The van der Waals surface area contributed by atoms with E-state index in [2.05, 4.69) is 53.5 Å². The fourth-order valence-electron chi connectivity index (χ4n) is 2.48. The molecule has 112 valence electrons. The minimum absolute atomic E-state index is 0.721. The highest BCUT2D eigenvalue weighted by atomic mass is 32.2. The lowest BCUT2D eigenvalue weighted by Gasteiger charge is -2.03. The van der Waals surface area contributed by atoms with Crippen LogP contribution in [0.3, 0.4) is 0 Å². The Labute approximate surface area is 139 Å². The summed E-state index contributed by atoms with van der Waals surface area (Å²) in [4.78, 5) is 4.49. The van der Waals surface area contributed by atoms with Gasteiger partial charge in [-0.15, -0.1) is 0 Å². The van der Waals surface area contributed by atoms with Crippen molar-refractivity contribution in [3.63, 3.8) is 0 Å². The smallest absolute Gasteiger partial charge is 0.257 e.